The van der Waals surface area contributed by atoms with E-state index in [0.29, 0.717) is 35.5 Å². The average molecular weight is 566 g/mol. The fraction of sp³-hybridized carbons (Fsp3) is 0.533. The van der Waals surface area contributed by atoms with E-state index in [1.807, 2.05) is 51.2 Å². The van der Waals surface area contributed by atoms with Crippen LogP contribution in [0.3, 0.4) is 0 Å². The first kappa shape index (κ1) is 29.7. The van der Waals surface area contributed by atoms with E-state index in [0.717, 1.165) is 37.3 Å². The summed E-state index contributed by atoms with van der Waals surface area (Å²) in [5.74, 6) is 0.929. The Hall–Kier alpha value is -3.24. The number of carbonyl (C=O) groups is 2. The topological polar surface area (TPSA) is 111 Å². The van der Waals surface area contributed by atoms with Gasteiger partial charge in [-0.1, -0.05) is 45.6 Å². The molecule has 2 heterocycles. The summed E-state index contributed by atoms with van der Waals surface area (Å²) in [4.78, 5) is 34.9. The maximum absolute atomic E-state index is 13.2. The van der Waals surface area contributed by atoms with Crippen molar-refractivity contribution in [3.63, 3.8) is 0 Å². The Morgan fingerprint density at radius 3 is 2.52 bits per heavy atom. The Balaban J connectivity index is 1.54. The SMILES string of the molecule is CCC(CC)NC(=O)c1cnc(-c2cccc(-c3cn(COCC[Si](C)(C)C)c(C(=O)NC(C)C4CC4)n3)c2)o1. The van der Waals surface area contributed by atoms with Crippen LogP contribution in [-0.4, -0.2) is 53.1 Å². The van der Waals surface area contributed by atoms with Gasteiger partial charge in [0.05, 0.1) is 11.9 Å². The molecule has 9 nitrogen and oxygen atoms in total. The van der Waals surface area contributed by atoms with Crippen LogP contribution >= 0.6 is 0 Å². The quantitative estimate of drug-likeness (QED) is 0.184. The maximum atomic E-state index is 13.2. The van der Waals surface area contributed by atoms with Crippen LogP contribution in [0.25, 0.3) is 22.7 Å². The molecule has 2 N–H and O–H groups in total. The van der Waals surface area contributed by atoms with E-state index >= 15 is 0 Å². The Morgan fingerprint density at radius 2 is 1.85 bits per heavy atom. The fourth-order valence-electron chi connectivity index (χ4n) is 4.43. The first-order chi connectivity index (χ1) is 19.1. The zero-order valence-electron chi connectivity index (χ0n) is 24.6. The van der Waals surface area contributed by atoms with Crippen molar-refractivity contribution in [3.05, 3.63) is 48.2 Å². The smallest absolute Gasteiger partial charge is 0.288 e. The van der Waals surface area contributed by atoms with Crippen molar-refractivity contribution in [2.24, 2.45) is 5.92 Å². The third-order valence-corrected chi connectivity index (χ3v) is 9.05. The van der Waals surface area contributed by atoms with Gasteiger partial charge in [0.1, 0.15) is 6.73 Å². The molecule has 0 aliphatic heterocycles. The van der Waals surface area contributed by atoms with Crippen LogP contribution in [0.2, 0.25) is 25.7 Å². The van der Waals surface area contributed by atoms with E-state index in [2.05, 4.69) is 35.3 Å². The minimum Gasteiger partial charge on any atom is -0.431 e. The highest BCUT2D eigenvalue weighted by Gasteiger charge is 2.30. The summed E-state index contributed by atoms with van der Waals surface area (Å²) in [5, 5.41) is 6.09. The lowest BCUT2D eigenvalue weighted by atomic mass is 10.1. The molecule has 216 valence electrons. The molecule has 0 saturated heterocycles. The van der Waals surface area contributed by atoms with Crippen molar-refractivity contribution >= 4 is 19.9 Å². The molecule has 10 heteroatoms. The van der Waals surface area contributed by atoms with Crippen LogP contribution < -0.4 is 10.6 Å². The molecule has 1 fully saturated rings. The van der Waals surface area contributed by atoms with E-state index in [1.165, 1.54) is 6.20 Å². The maximum Gasteiger partial charge on any atom is 0.288 e. The van der Waals surface area contributed by atoms with Crippen molar-refractivity contribution in [2.75, 3.05) is 6.61 Å². The predicted molar refractivity (Wildman–Crippen MR) is 159 cm³/mol. The van der Waals surface area contributed by atoms with Crippen molar-refractivity contribution in [1.29, 1.82) is 0 Å². The molecule has 1 atom stereocenters. The van der Waals surface area contributed by atoms with Gasteiger partial charge in [0.15, 0.2) is 0 Å². The standard InChI is InChI=1S/C30H43N5O4Si/c1-7-24(8-2)33-28(36)26-17-31-30(39-26)23-11-9-10-22(16-23)25-18-35(19-38-14-15-40(4,5)6)27(34-25)29(37)32-20(3)21-12-13-21/h9-11,16-18,20-21,24H,7-8,12-15,19H2,1-6H3,(H,32,37)(H,33,36). The van der Waals surface area contributed by atoms with Crippen LogP contribution in [-0.2, 0) is 11.5 Å². The van der Waals surface area contributed by atoms with E-state index in [1.54, 1.807) is 4.57 Å². The van der Waals surface area contributed by atoms with Gasteiger partial charge in [-0.2, -0.15) is 0 Å². The summed E-state index contributed by atoms with van der Waals surface area (Å²) in [5.41, 5.74) is 2.18. The zero-order valence-corrected chi connectivity index (χ0v) is 25.6. The number of imidazole rings is 1. The Labute approximate surface area is 238 Å². The molecule has 1 aliphatic carbocycles. The second-order valence-electron chi connectivity index (χ2n) is 12.0. The second-order valence-corrected chi connectivity index (χ2v) is 17.6. The molecule has 4 rings (SSSR count). The number of ether oxygens (including phenoxy) is 1. The summed E-state index contributed by atoms with van der Waals surface area (Å²) in [6.07, 6.45) is 7.30. The molecule has 0 radical (unpaired) electrons. The lowest BCUT2D eigenvalue weighted by molar-refractivity contribution is 0.0776. The number of hydrogen-bond donors (Lipinski definition) is 2. The number of oxazole rings is 1. The largest absolute Gasteiger partial charge is 0.431 e. The van der Waals surface area contributed by atoms with Crippen LogP contribution in [0, 0.1) is 5.92 Å². The van der Waals surface area contributed by atoms with Crippen LogP contribution in [0.1, 0.15) is 67.6 Å². The third-order valence-electron chi connectivity index (χ3n) is 7.35. The Morgan fingerprint density at radius 1 is 1.12 bits per heavy atom. The molecule has 2 amide bonds. The number of aromatic nitrogens is 3. The Kier molecular flexibility index (Phi) is 9.63. The van der Waals surface area contributed by atoms with E-state index in [-0.39, 0.29) is 36.4 Å². The normalized spacial score (nSPS) is 14.4. The van der Waals surface area contributed by atoms with Gasteiger partial charge in [0.25, 0.3) is 11.8 Å². The second kappa shape index (κ2) is 12.9. The number of hydrogen-bond acceptors (Lipinski definition) is 6. The van der Waals surface area contributed by atoms with Gasteiger partial charge in [0.2, 0.25) is 17.5 Å². The predicted octanol–water partition coefficient (Wildman–Crippen LogP) is 5.96. The fourth-order valence-corrected chi connectivity index (χ4v) is 5.19. The van der Waals surface area contributed by atoms with Gasteiger partial charge >= 0.3 is 0 Å². The molecule has 0 bridgehead atoms. The molecule has 2 aromatic heterocycles. The lowest BCUT2D eigenvalue weighted by Crippen LogP contribution is -2.35. The number of benzene rings is 1. The lowest BCUT2D eigenvalue weighted by Gasteiger charge is -2.16. The van der Waals surface area contributed by atoms with Crippen molar-refractivity contribution in [1.82, 2.24) is 25.2 Å². The van der Waals surface area contributed by atoms with E-state index < -0.39 is 8.07 Å². The average Bonchev–Trinajstić information content (AvgIpc) is 3.50. The molecule has 0 spiro atoms. The molecule has 3 aromatic rings. The minimum absolute atomic E-state index is 0.0951. The van der Waals surface area contributed by atoms with Crippen molar-refractivity contribution < 1.29 is 18.7 Å². The number of carbonyl (C=O) groups excluding carboxylic acids is 2. The molecule has 1 unspecified atom stereocenters. The highest BCUT2D eigenvalue weighted by molar-refractivity contribution is 6.76. The van der Waals surface area contributed by atoms with Gasteiger partial charge in [-0.05, 0) is 56.7 Å². The van der Waals surface area contributed by atoms with Gasteiger partial charge in [0, 0.05) is 44.1 Å². The highest BCUT2D eigenvalue weighted by Crippen LogP contribution is 2.32. The Bertz CT molecular complexity index is 1300. The first-order valence-corrected chi connectivity index (χ1v) is 18.1. The summed E-state index contributed by atoms with van der Waals surface area (Å²) in [6, 6.07) is 8.85. The van der Waals surface area contributed by atoms with Gasteiger partial charge in [-0.25, -0.2) is 9.97 Å². The number of amides is 2. The minimum atomic E-state index is -1.23. The van der Waals surface area contributed by atoms with Gasteiger partial charge < -0.3 is 24.4 Å². The van der Waals surface area contributed by atoms with E-state index in [4.69, 9.17) is 14.1 Å². The highest BCUT2D eigenvalue weighted by atomic mass is 28.3. The molecule has 1 aromatic carbocycles. The molecular weight excluding hydrogens is 522 g/mol. The van der Waals surface area contributed by atoms with Crippen LogP contribution in [0.4, 0.5) is 0 Å². The number of rotatable bonds is 14. The molecule has 40 heavy (non-hydrogen) atoms. The van der Waals surface area contributed by atoms with Crippen LogP contribution in [0.15, 0.2) is 41.1 Å². The summed E-state index contributed by atoms with van der Waals surface area (Å²) < 4.78 is 13.6. The van der Waals surface area contributed by atoms with Crippen molar-refractivity contribution in [3.8, 4) is 22.7 Å². The molecule has 1 aliphatic rings. The number of nitrogens with zero attached hydrogens (tertiary/aromatic N) is 3. The third kappa shape index (κ3) is 7.91. The summed E-state index contributed by atoms with van der Waals surface area (Å²) >= 11 is 0. The van der Waals surface area contributed by atoms with Crippen LogP contribution in [0.5, 0.6) is 0 Å². The van der Waals surface area contributed by atoms with Gasteiger partial charge in [-0.3, -0.25) is 9.59 Å². The first-order valence-electron chi connectivity index (χ1n) is 14.4. The molecular formula is C30H43N5O4Si. The zero-order chi connectivity index (χ0) is 28.9. The summed E-state index contributed by atoms with van der Waals surface area (Å²) in [7, 11) is -1.23. The number of nitrogens with one attached hydrogen (secondary N) is 2. The molecule has 1 saturated carbocycles. The van der Waals surface area contributed by atoms with E-state index in [9.17, 15) is 9.59 Å². The van der Waals surface area contributed by atoms with Crippen molar-refractivity contribution in [2.45, 2.75) is 91.0 Å². The van der Waals surface area contributed by atoms with Gasteiger partial charge in [-0.15, -0.1) is 0 Å². The monoisotopic (exact) mass is 565 g/mol. The summed E-state index contributed by atoms with van der Waals surface area (Å²) in [6.45, 7) is 14.0.